The molecule has 2 N–H and O–H groups in total. The Morgan fingerprint density at radius 3 is 2.36 bits per heavy atom. The number of hydrogen-bond acceptors (Lipinski definition) is 6. The second-order valence-corrected chi connectivity index (χ2v) is 13.8. The highest BCUT2D eigenvalue weighted by molar-refractivity contribution is 7.79. The molecule has 2 aromatic carbocycles. The van der Waals surface area contributed by atoms with Gasteiger partial charge in [-0.2, -0.15) is 0 Å². The molecule has 9 heteroatoms. The van der Waals surface area contributed by atoms with Gasteiger partial charge in [0.05, 0.1) is 24.3 Å². The average molecular weight is 662 g/mol. The van der Waals surface area contributed by atoms with Crippen LogP contribution in [0.2, 0.25) is 0 Å². The Balaban J connectivity index is 0.000000228. The van der Waals surface area contributed by atoms with E-state index in [-0.39, 0.29) is 6.42 Å². The number of pyridine rings is 1. The summed E-state index contributed by atoms with van der Waals surface area (Å²) < 4.78 is 22.4. The predicted octanol–water partition coefficient (Wildman–Crippen LogP) is 7.57. The van der Waals surface area contributed by atoms with Crippen molar-refractivity contribution < 1.29 is 24.1 Å². The van der Waals surface area contributed by atoms with Crippen molar-refractivity contribution in [1.82, 2.24) is 14.5 Å². The molecule has 47 heavy (non-hydrogen) atoms. The topological polar surface area (TPSA) is 87.8 Å². The van der Waals surface area contributed by atoms with Crippen molar-refractivity contribution in [3.8, 4) is 16.9 Å². The number of carboxylic acids is 1. The lowest BCUT2D eigenvalue weighted by Crippen LogP contribution is -2.29. The lowest BCUT2D eigenvalue weighted by atomic mass is 9.87. The fourth-order valence-electron chi connectivity index (χ4n) is 6.27. The Morgan fingerprint density at radius 2 is 1.77 bits per heavy atom. The third-order valence-corrected chi connectivity index (χ3v) is 8.90. The molecule has 2 aliphatic rings. The van der Waals surface area contributed by atoms with Gasteiger partial charge in [-0.25, -0.2) is 9.37 Å². The van der Waals surface area contributed by atoms with Gasteiger partial charge in [0.25, 0.3) is 0 Å². The van der Waals surface area contributed by atoms with E-state index in [1.807, 2.05) is 24.6 Å². The highest BCUT2D eigenvalue weighted by Crippen LogP contribution is 2.42. The molecule has 252 valence electrons. The van der Waals surface area contributed by atoms with Crippen molar-refractivity contribution >= 4 is 34.6 Å². The molecule has 2 aliphatic heterocycles. The molecule has 0 radical (unpaired) electrons. The van der Waals surface area contributed by atoms with Crippen molar-refractivity contribution in [3.63, 3.8) is 0 Å². The van der Waals surface area contributed by atoms with Gasteiger partial charge in [-0.3, -0.25) is 4.79 Å². The first-order chi connectivity index (χ1) is 22.2. The van der Waals surface area contributed by atoms with Crippen LogP contribution in [0.15, 0.2) is 42.5 Å². The van der Waals surface area contributed by atoms with Gasteiger partial charge in [0.2, 0.25) is 0 Å². The normalized spacial score (nSPS) is 15.1. The molecular formula is C38H48FN3O4S. The number of rotatable bonds is 5. The number of aromatic nitrogens is 2. The number of carboxylic acid groups (broad SMARTS) is 1. The van der Waals surface area contributed by atoms with E-state index in [9.17, 15) is 14.3 Å². The summed E-state index contributed by atoms with van der Waals surface area (Å²) in [6, 6.07) is 14.3. The fourth-order valence-corrected chi connectivity index (χ4v) is 6.50. The van der Waals surface area contributed by atoms with E-state index in [0.29, 0.717) is 40.4 Å². The number of piperidine rings is 1. The van der Waals surface area contributed by atoms with Crippen LogP contribution in [0, 0.1) is 19.7 Å². The number of fused-ring (bicyclic) bond motifs is 2. The Morgan fingerprint density at radius 1 is 1.13 bits per heavy atom. The number of carbonyl (C=O) groups is 1. The van der Waals surface area contributed by atoms with Gasteiger partial charge in [0.1, 0.15) is 5.65 Å². The summed E-state index contributed by atoms with van der Waals surface area (Å²) in [6.07, 6.45) is 4.00. The van der Waals surface area contributed by atoms with Crippen LogP contribution in [0.1, 0.15) is 79.6 Å². The molecule has 0 amide bonds. The quantitative estimate of drug-likeness (QED) is 0.213. The molecule has 0 atom stereocenters. The smallest absolute Gasteiger partial charge is 0.307 e. The van der Waals surface area contributed by atoms with E-state index in [0.717, 1.165) is 41.0 Å². The molecule has 1 fully saturated rings. The van der Waals surface area contributed by atoms with Crippen LogP contribution in [0.3, 0.4) is 0 Å². The van der Waals surface area contributed by atoms with Gasteiger partial charge in [-0.1, -0.05) is 42.5 Å². The molecular weight excluding hydrogens is 614 g/mol. The minimum absolute atomic E-state index is 0.194. The van der Waals surface area contributed by atoms with Crippen LogP contribution in [-0.4, -0.2) is 68.3 Å². The zero-order chi connectivity index (χ0) is 34.5. The standard InChI is InChI=1S/C22H21FN2O3S.C12H17N.C4H10O/c1-11-14-5-4-6-28-21(14)18(23)8-15(11)20-16(9-19(26)27)12(2)24-22-17(20)7-13(10-29)25(22)3;1-13-9-7-12(8-10-13)11-5-3-2-4-6-11;1-4(2,3)5/h7-8,10H,4-6,9H2,1-3H3,(H,26,27);2-6,12H,7-10H2,1H3;5H,1-3H3. The van der Waals surface area contributed by atoms with Gasteiger partial charge in [-0.15, -0.1) is 0 Å². The number of aliphatic carboxylic acids is 1. The molecule has 0 saturated carbocycles. The Labute approximate surface area is 283 Å². The molecule has 6 rings (SSSR count). The zero-order valence-electron chi connectivity index (χ0n) is 28.7. The van der Waals surface area contributed by atoms with Gasteiger partial charge in [-0.05, 0) is 126 Å². The third-order valence-electron chi connectivity index (χ3n) is 8.66. The molecule has 0 bridgehead atoms. The number of nitrogens with zero attached hydrogens (tertiary/aromatic N) is 3. The van der Waals surface area contributed by atoms with E-state index in [1.54, 1.807) is 33.1 Å². The Hall–Kier alpha value is -3.66. The number of halogens is 1. The summed E-state index contributed by atoms with van der Waals surface area (Å²) in [5.41, 5.74) is 6.85. The first kappa shape index (κ1) is 36.2. The van der Waals surface area contributed by atoms with E-state index >= 15 is 0 Å². The third kappa shape index (κ3) is 9.03. The van der Waals surface area contributed by atoms with Crippen molar-refractivity contribution in [2.45, 2.75) is 78.2 Å². The van der Waals surface area contributed by atoms with E-state index in [2.05, 4.69) is 47.3 Å². The largest absolute Gasteiger partial charge is 0.490 e. The summed E-state index contributed by atoms with van der Waals surface area (Å²) >= 11 is 5.12. The van der Waals surface area contributed by atoms with Crippen LogP contribution >= 0.6 is 12.2 Å². The Kier molecular flexibility index (Phi) is 11.9. The molecule has 0 spiro atoms. The molecule has 1 saturated heterocycles. The average Bonchev–Trinajstić information content (AvgIpc) is 3.34. The summed E-state index contributed by atoms with van der Waals surface area (Å²) in [6.45, 7) is 12.0. The number of benzene rings is 2. The summed E-state index contributed by atoms with van der Waals surface area (Å²) in [5, 5.41) is 20.4. The molecule has 0 unspecified atom stereocenters. The molecule has 7 nitrogen and oxygen atoms in total. The minimum Gasteiger partial charge on any atom is -0.490 e. The van der Waals surface area contributed by atoms with Crippen molar-refractivity contribution in [1.29, 1.82) is 0 Å². The van der Waals surface area contributed by atoms with Crippen molar-refractivity contribution in [3.05, 3.63) is 81.9 Å². The Bertz CT molecular complexity index is 1720. The highest BCUT2D eigenvalue weighted by Gasteiger charge is 2.26. The number of likely N-dealkylation sites (tertiary alicyclic amines) is 1. The van der Waals surface area contributed by atoms with Crippen LogP contribution in [0.4, 0.5) is 4.39 Å². The first-order valence-electron chi connectivity index (χ1n) is 16.3. The second-order valence-electron chi connectivity index (χ2n) is 13.6. The van der Waals surface area contributed by atoms with Gasteiger partial charge in [0.15, 0.2) is 11.6 Å². The monoisotopic (exact) mass is 661 g/mol. The number of aryl methyl sites for hydroxylation is 2. The second kappa shape index (κ2) is 15.5. The summed E-state index contributed by atoms with van der Waals surface area (Å²) in [7, 11) is 4.07. The van der Waals surface area contributed by atoms with Crippen molar-refractivity contribution in [2.75, 3.05) is 26.7 Å². The maximum absolute atomic E-state index is 15.0. The van der Waals surface area contributed by atoms with Crippen molar-refractivity contribution in [2.24, 2.45) is 7.05 Å². The maximum Gasteiger partial charge on any atom is 0.307 e. The van der Waals surface area contributed by atoms with Gasteiger partial charge < -0.3 is 24.4 Å². The number of thiocarbonyl (C=S) groups is 1. The molecule has 4 aromatic rings. The maximum atomic E-state index is 15.0. The van der Waals surface area contributed by atoms with Crippen LogP contribution in [0.5, 0.6) is 5.75 Å². The van der Waals surface area contributed by atoms with E-state index in [4.69, 9.17) is 22.1 Å². The van der Waals surface area contributed by atoms with E-state index in [1.165, 1.54) is 37.6 Å². The van der Waals surface area contributed by atoms with Crippen LogP contribution < -0.4 is 4.74 Å². The van der Waals surface area contributed by atoms with Gasteiger partial charge >= 0.3 is 5.97 Å². The lowest BCUT2D eigenvalue weighted by Gasteiger charge is -2.29. The van der Waals surface area contributed by atoms with Crippen LogP contribution in [-0.2, 0) is 24.7 Å². The number of aliphatic hydroxyl groups is 1. The van der Waals surface area contributed by atoms with Gasteiger partial charge in [0, 0.05) is 29.1 Å². The molecule has 4 heterocycles. The fraction of sp³-hybridized carbons (Fsp3) is 0.447. The minimum atomic E-state index is -0.957. The summed E-state index contributed by atoms with van der Waals surface area (Å²) in [4.78, 5) is 18.7. The lowest BCUT2D eigenvalue weighted by molar-refractivity contribution is -0.136. The van der Waals surface area contributed by atoms with Crippen LogP contribution in [0.25, 0.3) is 22.2 Å². The number of ether oxygens (including phenoxy) is 1. The highest BCUT2D eigenvalue weighted by atomic mass is 32.1. The summed E-state index contributed by atoms with van der Waals surface area (Å²) in [5.74, 6) is -0.263. The zero-order valence-corrected chi connectivity index (χ0v) is 29.5. The SMILES string of the molecule is CC(C)(C)O.CN1CCC(c2ccccc2)CC1.Cc1nc2c(cc(C=S)n2C)c(-c2cc(F)c3c(c2C)CCCO3)c1CC(=O)O. The predicted molar refractivity (Wildman–Crippen MR) is 191 cm³/mol. The molecule has 0 aliphatic carbocycles. The number of hydrogen-bond donors (Lipinski definition) is 2. The first-order valence-corrected chi connectivity index (χ1v) is 16.7. The van der Waals surface area contributed by atoms with E-state index < -0.39 is 17.4 Å². The molecule has 2 aromatic heterocycles.